The summed E-state index contributed by atoms with van der Waals surface area (Å²) in [5.74, 6) is 1.72. The molecule has 0 amide bonds. The molecule has 0 rings (SSSR count). The molecule has 0 aromatic heterocycles. The van der Waals surface area contributed by atoms with Crippen molar-refractivity contribution >= 4 is 0 Å². The van der Waals surface area contributed by atoms with E-state index in [2.05, 4.69) is 39.8 Å². The molecule has 0 aliphatic carbocycles. The van der Waals surface area contributed by atoms with Crippen LogP contribution < -0.4 is 0 Å². The van der Waals surface area contributed by atoms with E-state index in [9.17, 15) is 0 Å². The average Bonchev–Trinajstić information content (AvgIpc) is 2.41. The van der Waals surface area contributed by atoms with Gasteiger partial charge in [0.05, 0.1) is 0 Å². The zero-order valence-corrected chi connectivity index (χ0v) is 13.5. The molecule has 0 aromatic carbocycles. The summed E-state index contributed by atoms with van der Waals surface area (Å²) in [5.41, 5.74) is 0. The van der Waals surface area contributed by atoms with Gasteiger partial charge in [-0.2, -0.15) is 0 Å². The van der Waals surface area contributed by atoms with E-state index in [0.29, 0.717) is 0 Å². The van der Waals surface area contributed by atoms with Crippen LogP contribution in [0.3, 0.4) is 0 Å². The Morgan fingerprint density at radius 3 is 2.11 bits per heavy atom. The Morgan fingerprint density at radius 2 is 1.42 bits per heavy atom. The van der Waals surface area contributed by atoms with Gasteiger partial charge in [-0.3, -0.25) is 0 Å². The van der Waals surface area contributed by atoms with Gasteiger partial charge in [-0.25, -0.2) is 0 Å². The van der Waals surface area contributed by atoms with E-state index in [1.165, 1.54) is 57.8 Å². The smallest absolute Gasteiger partial charge is 0.0325 e. The largest absolute Gasteiger partial charge is 0.0885 e. The fourth-order valence-corrected chi connectivity index (χ4v) is 2.43. The summed E-state index contributed by atoms with van der Waals surface area (Å²) in [6, 6.07) is 0. The van der Waals surface area contributed by atoms with Crippen molar-refractivity contribution in [3.8, 4) is 0 Å². The quantitative estimate of drug-likeness (QED) is 0.254. The van der Waals surface area contributed by atoms with Crippen molar-refractivity contribution < 1.29 is 0 Å². The molecular formula is C19H36. The molecule has 0 heteroatoms. The molecule has 0 bridgehead atoms. The van der Waals surface area contributed by atoms with Crippen molar-refractivity contribution in [3.05, 3.63) is 26.0 Å². The maximum atomic E-state index is 3.91. The average molecular weight is 264 g/mol. The van der Waals surface area contributed by atoms with Gasteiger partial charge in [-0.1, -0.05) is 91.2 Å². The molecule has 0 fully saturated rings. The molecule has 2 unspecified atom stereocenters. The molecule has 0 N–H and O–H groups in total. The molecule has 2 radical (unpaired) electrons. The minimum absolute atomic E-state index is 0.852. The van der Waals surface area contributed by atoms with Crippen LogP contribution in [0, 0.1) is 25.7 Å². The first-order valence-corrected chi connectivity index (χ1v) is 8.44. The number of hydrogen-bond donors (Lipinski definition) is 0. The second-order valence-corrected chi connectivity index (χ2v) is 6.19. The first-order valence-electron chi connectivity index (χ1n) is 8.44. The van der Waals surface area contributed by atoms with Crippen LogP contribution in [0.4, 0.5) is 0 Å². The van der Waals surface area contributed by atoms with Gasteiger partial charge in [0.15, 0.2) is 0 Å². The molecule has 0 spiro atoms. The topological polar surface area (TPSA) is 0 Å². The zero-order chi connectivity index (χ0) is 14.3. The van der Waals surface area contributed by atoms with E-state index in [-0.39, 0.29) is 0 Å². The number of rotatable bonds is 13. The van der Waals surface area contributed by atoms with E-state index in [1.54, 1.807) is 0 Å². The maximum Gasteiger partial charge on any atom is -0.0325 e. The fourth-order valence-electron chi connectivity index (χ4n) is 2.43. The SMILES string of the molecule is [CH2]CCCCCC(C)C/C=C/CCC(C)CCC[CH2]. The molecule has 0 nitrogen and oxygen atoms in total. The van der Waals surface area contributed by atoms with Gasteiger partial charge in [-0.05, 0) is 31.1 Å². The summed E-state index contributed by atoms with van der Waals surface area (Å²) >= 11 is 0. The summed E-state index contributed by atoms with van der Waals surface area (Å²) in [6.45, 7) is 12.5. The Hall–Kier alpha value is -0.260. The summed E-state index contributed by atoms with van der Waals surface area (Å²) in [5, 5.41) is 0. The second kappa shape index (κ2) is 14.2. The van der Waals surface area contributed by atoms with Gasteiger partial charge in [0.1, 0.15) is 0 Å². The van der Waals surface area contributed by atoms with Crippen LogP contribution in [0.1, 0.15) is 84.5 Å². The van der Waals surface area contributed by atoms with Crippen LogP contribution in [0.5, 0.6) is 0 Å². The van der Waals surface area contributed by atoms with Crippen molar-refractivity contribution in [1.82, 2.24) is 0 Å². The Bertz CT molecular complexity index is 192. The standard InChI is InChI=1S/C19H36/c1-5-7-9-11-15-19(4)17-13-10-12-16-18(3)14-8-6-2/h10,13,18-19H,1-2,5-9,11-12,14-17H2,3-4H3/b13-10+. The van der Waals surface area contributed by atoms with E-state index < -0.39 is 0 Å². The first kappa shape index (κ1) is 18.7. The van der Waals surface area contributed by atoms with Crippen molar-refractivity contribution in [2.75, 3.05) is 0 Å². The van der Waals surface area contributed by atoms with E-state index in [0.717, 1.165) is 24.7 Å². The van der Waals surface area contributed by atoms with Crippen molar-refractivity contribution in [2.45, 2.75) is 84.5 Å². The van der Waals surface area contributed by atoms with E-state index in [4.69, 9.17) is 0 Å². The number of unbranched alkanes of at least 4 members (excludes halogenated alkanes) is 4. The predicted octanol–water partition coefficient (Wildman–Crippen LogP) is 6.77. The van der Waals surface area contributed by atoms with Crippen LogP contribution in [0.15, 0.2) is 12.2 Å². The molecular weight excluding hydrogens is 228 g/mol. The molecule has 0 saturated carbocycles. The van der Waals surface area contributed by atoms with Crippen molar-refractivity contribution in [1.29, 1.82) is 0 Å². The van der Waals surface area contributed by atoms with Crippen LogP contribution >= 0.6 is 0 Å². The number of allylic oxidation sites excluding steroid dienone is 2. The molecule has 0 aliphatic rings. The van der Waals surface area contributed by atoms with Crippen molar-refractivity contribution in [3.63, 3.8) is 0 Å². The highest BCUT2D eigenvalue weighted by Crippen LogP contribution is 2.16. The molecule has 2 atom stereocenters. The lowest BCUT2D eigenvalue weighted by Gasteiger charge is -2.09. The molecule has 0 heterocycles. The van der Waals surface area contributed by atoms with E-state index >= 15 is 0 Å². The maximum absolute atomic E-state index is 3.91. The number of hydrogen-bond acceptors (Lipinski definition) is 0. The summed E-state index contributed by atoms with van der Waals surface area (Å²) < 4.78 is 0. The van der Waals surface area contributed by atoms with Crippen molar-refractivity contribution in [2.24, 2.45) is 11.8 Å². The van der Waals surface area contributed by atoms with Gasteiger partial charge in [0.2, 0.25) is 0 Å². The highest BCUT2D eigenvalue weighted by Gasteiger charge is 2.00. The summed E-state index contributed by atoms with van der Waals surface area (Å²) in [6.07, 6.45) is 18.9. The summed E-state index contributed by atoms with van der Waals surface area (Å²) in [4.78, 5) is 0. The lowest BCUT2D eigenvalue weighted by molar-refractivity contribution is 0.478. The Labute approximate surface area is 123 Å². The molecule has 0 saturated heterocycles. The highest BCUT2D eigenvalue weighted by molar-refractivity contribution is 4.83. The van der Waals surface area contributed by atoms with Crippen LogP contribution in [0.25, 0.3) is 0 Å². The third kappa shape index (κ3) is 14.0. The first-order chi connectivity index (χ1) is 9.20. The normalized spacial score (nSPS) is 14.9. The monoisotopic (exact) mass is 264 g/mol. The van der Waals surface area contributed by atoms with Crippen LogP contribution in [-0.4, -0.2) is 0 Å². The highest BCUT2D eigenvalue weighted by atomic mass is 14.1. The zero-order valence-electron chi connectivity index (χ0n) is 13.5. The summed E-state index contributed by atoms with van der Waals surface area (Å²) in [7, 11) is 0. The third-order valence-corrected chi connectivity index (χ3v) is 3.93. The van der Waals surface area contributed by atoms with Gasteiger partial charge in [0, 0.05) is 0 Å². The predicted molar refractivity (Wildman–Crippen MR) is 89.0 cm³/mol. The van der Waals surface area contributed by atoms with Gasteiger partial charge in [0.25, 0.3) is 0 Å². The Morgan fingerprint density at radius 1 is 0.737 bits per heavy atom. The molecule has 0 aliphatic heterocycles. The molecule has 0 aromatic rings. The Balaban J connectivity index is 3.40. The minimum Gasteiger partial charge on any atom is -0.0885 e. The van der Waals surface area contributed by atoms with Gasteiger partial charge >= 0.3 is 0 Å². The van der Waals surface area contributed by atoms with Gasteiger partial charge in [-0.15, -0.1) is 0 Å². The molecule has 19 heavy (non-hydrogen) atoms. The fraction of sp³-hybridized carbons (Fsp3) is 0.789. The third-order valence-electron chi connectivity index (χ3n) is 3.93. The van der Waals surface area contributed by atoms with Gasteiger partial charge < -0.3 is 0 Å². The second-order valence-electron chi connectivity index (χ2n) is 6.19. The molecule has 112 valence electrons. The van der Waals surface area contributed by atoms with E-state index in [1.807, 2.05) is 0 Å². The van der Waals surface area contributed by atoms with Crippen LogP contribution in [0.2, 0.25) is 0 Å². The lowest BCUT2D eigenvalue weighted by Crippen LogP contribution is -1.94. The lowest BCUT2D eigenvalue weighted by atomic mass is 9.97. The minimum atomic E-state index is 0.852. The van der Waals surface area contributed by atoms with Crippen LogP contribution in [-0.2, 0) is 0 Å². The Kier molecular flexibility index (Phi) is 14.0.